The summed E-state index contributed by atoms with van der Waals surface area (Å²) in [7, 11) is 1.48. The number of rotatable bonds is 5. The molecule has 0 bridgehead atoms. The summed E-state index contributed by atoms with van der Waals surface area (Å²) in [5, 5.41) is 7.46. The zero-order valence-corrected chi connectivity index (χ0v) is 16.0. The molecule has 152 valence electrons. The fourth-order valence-corrected chi connectivity index (χ4v) is 3.36. The SMILES string of the molecule is CCOC(=O)c1cnn2ccc(C3OCCNC3c3cc(F)cnc3OC)nc12. The molecule has 29 heavy (non-hydrogen) atoms. The maximum Gasteiger partial charge on any atom is 0.343 e. The zero-order chi connectivity index (χ0) is 20.4. The molecule has 1 N–H and O–H groups in total. The number of esters is 1. The quantitative estimate of drug-likeness (QED) is 0.647. The lowest BCUT2D eigenvalue weighted by Crippen LogP contribution is -2.38. The molecule has 4 heterocycles. The third-order valence-electron chi connectivity index (χ3n) is 4.62. The first-order valence-electron chi connectivity index (χ1n) is 9.18. The van der Waals surface area contributed by atoms with Gasteiger partial charge in [-0.1, -0.05) is 0 Å². The van der Waals surface area contributed by atoms with Crippen LogP contribution in [-0.2, 0) is 9.47 Å². The van der Waals surface area contributed by atoms with Crippen LogP contribution in [0.5, 0.6) is 5.88 Å². The fourth-order valence-electron chi connectivity index (χ4n) is 3.36. The van der Waals surface area contributed by atoms with Crippen LogP contribution in [0.2, 0.25) is 0 Å². The first kappa shape index (κ1) is 19.2. The Bertz CT molecular complexity index is 1040. The molecule has 2 atom stereocenters. The predicted octanol–water partition coefficient (Wildman–Crippen LogP) is 1.85. The van der Waals surface area contributed by atoms with Crippen molar-refractivity contribution in [1.82, 2.24) is 24.9 Å². The minimum absolute atomic E-state index is 0.250. The molecule has 0 amide bonds. The molecule has 1 aliphatic heterocycles. The van der Waals surface area contributed by atoms with Crippen LogP contribution in [-0.4, -0.2) is 52.4 Å². The summed E-state index contributed by atoms with van der Waals surface area (Å²) < 4.78 is 31.7. The van der Waals surface area contributed by atoms with Gasteiger partial charge < -0.3 is 19.5 Å². The number of hydrogen-bond acceptors (Lipinski definition) is 8. The summed E-state index contributed by atoms with van der Waals surface area (Å²) in [6, 6.07) is 2.68. The van der Waals surface area contributed by atoms with Gasteiger partial charge in [0.15, 0.2) is 5.65 Å². The molecule has 0 radical (unpaired) electrons. The topological polar surface area (TPSA) is 99.9 Å². The number of nitrogens with one attached hydrogen (secondary N) is 1. The van der Waals surface area contributed by atoms with Crippen molar-refractivity contribution in [2.75, 3.05) is 26.9 Å². The van der Waals surface area contributed by atoms with E-state index in [1.165, 1.54) is 23.9 Å². The second-order valence-electron chi connectivity index (χ2n) is 6.37. The first-order valence-corrected chi connectivity index (χ1v) is 9.18. The highest BCUT2D eigenvalue weighted by Crippen LogP contribution is 2.37. The lowest BCUT2D eigenvalue weighted by atomic mass is 9.98. The molecule has 4 rings (SSSR count). The number of carbonyl (C=O) groups excluding carboxylic acids is 1. The van der Waals surface area contributed by atoms with E-state index in [-0.39, 0.29) is 12.2 Å². The molecule has 3 aromatic rings. The zero-order valence-electron chi connectivity index (χ0n) is 16.0. The molecule has 3 aromatic heterocycles. The third kappa shape index (κ3) is 3.64. The largest absolute Gasteiger partial charge is 0.481 e. The van der Waals surface area contributed by atoms with Gasteiger partial charge in [0.25, 0.3) is 0 Å². The van der Waals surface area contributed by atoms with Crippen LogP contribution in [0.25, 0.3) is 5.65 Å². The average molecular weight is 401 g/mol. The number of morpholine rings is 1. The van der Waals surface area contributed by atoms with Gasteiger partial charge in [0.1, 0.15) is 17.5 Å². The molecule has 1 aliphatic rings. The molecule has 9 nitrogen and oxygen atoms in total. The average Bonchev–Trinajstić information content (AvgIpc) is 3.17. The van der Waals surface area contributed by atoms with E-state index in [1.54, 1.807) is 19.2 Å². The number of aromatic nitrogens is 4. The Morgan fingerprint density at radius 1 is 1.45 bits per heavy atom. The third-order valence-corrected chi connectivity index (χ3v) is 4.62. The van der Waals surface area contributed by atoms with Crippen LogP contribution in [0.15, 0.2) is 30.7 Å². The van der Waals surface area contributed by atoms with E-state index in [0.717, 1.165) is 6.20 Å². The summed E-state index contributed by atoms with van der Waals surface area (Å²) >= 11 is 0. The molecule has 10 heteroatoms. The van der Waals surface area contributed by atoms with Gasteiger partial charge in [0.2, 0.25) is 5.88 Å². The van der Waals surface area contributed by atoms with Crippen LogP contribution < -0.4 is 10.1 Å². The van der Waals surface area contributed by atoms with E-state index in [0.29, 0.717) is 35.9 Å². The number of hydrogen-bond donors (Lipinski definition) is 1. The van der Waals surface area contributed by atoms with Gasteiger partial charge in [0.05, 0.1) is 44.5 Å². The fraction of sp³-hybridized carbons (Fsp3) is 0.368. The summed E-state index contributed by atoms with van der Waals surface area (Å²) in [4.78, 5) is 20.8. The Hall–Kier alpha value is -3.11. The van der Waals surface area contributed by atoms with Gasteiger partial charge in [-0.05, 0) is 19.1 Å². The number of fused-ring (bicyclic) bond motifs is 1. The van der Waals surface area contributed by atoms with Gasteiger partial charge in [-0.3, -0.25) is 0 Å². The van der Waals surface area contributed by atoms with Crippen molar-refractivity contribution < 1.29 is 23.4 Å². The number of pyridine rings is 1. The van der Waals surface area contributed by atoms with Crippen molar-refractivity contribution >= 4 is 11.6 Å². The van der Waals surface area contributed by atoms with Gasteiger partial charge in [-0.2, -0.15) is 5.10 Å². The van der Waals surface area contributed by atoms with Gasteiger partial charge >= 0.3 is 5.97 Å². The molecule has 1 saturated heterocycles. The Morgan fingerprint density at radius 2 is 2.31 bits per heavy atom. The monoisotopic (exact) mass is 401 g/mol. The van der Waals surface area contributed by atoms with Crippen molar-refractivity contribution in [3.63, 3.8) is 0 Å². The molecule has 1 fully saturated rings. The van der Waals surface area contributed by atoms with E-state index in [9.17, 15) is 9.18 Å². The van der Waals surface area contributed by atoms with E-state index >= 15 is 0 Å². The van der Waals surface area contributed by atoms with Crippen LogP contribution >= 0.6 is 0 Å². The van der Waals surface area contributed by atoms with Crippen LogP contribution in [0.3, 0.4) is 0 Å². The highest BCUT2D eigenvalue weighted by atomic mass is 19.1. The van der Waals surface area contributed by atoms with Crippen molar-refractivity contribution in [3.05, 3.63) is 53.4 Å². The highest BCUT2D eigenvalue weighted by molar-refractivity contribution is 5.95. The minimum Gasteiger partial charge on any atom is -0.481 e. The van der Waals surface area contributed by atoms with Crippen LogP contribution in [0.4, 0.5) is 4.39 Å². The summed E-state index contributed by atoms with van der Waals surface area (Å²) in [6.45, 7) is 3.00. The predicted molar refractivity (Wildman–Crippen MR) is 99.1 cm³/mol. The lowest BCUT2D eigenvalue weighted by Gasteiger charge is -2.33. The standard InChI is InChI=1S/C19H20FN5O4/c1-3-28-19(26)13-10-23-25-6-4-14(24-17(13)25)16-15(21-5-7-29-16)12-8-11(20)9-22-18(12)27-2/h4,6,8-10,15-16,21H,3,5,7H2,1-2H3. The lowest BCUT2D eigenvalue weighted by molar-refractivity contribution is -0.00964. The maximum atomic E-state index is 13.9. The Morgan fingerprint density at radius 3 is 3.10 bits per heavy atom. The summed E-state index contributed by atoms with van der Waals surface area (Å²) in [5.74, 6) is -0.671. The van der Waals surface area contributed by atoms with Gasteiger partial charge in [-0.25, -0.2) is 23.7 Å². The highest BCUT2D eigenvalue weighted by Gasteiger charge is 2.33. The van der Waals surface area contributed by atoms with E-state index in [2.05, 4.69) is 20.4 Å². The van der Waals surface area contributed by atoms with Crippen molar-refractivity contribution in [2.45, 2.75) is 19.1 Å². The Kier molecular flexibility index (Phi) is 5.36. The molecule has 0 aliphatic carbocycles. The number of nitrogens with zero attached hydrogens (tertiary/aromatic N) is 4. The van der Waals surface area contributed by atoms with Crippen LogP contribution in [0, 0.1) is 5.82 Å². The van der Waals surface area contributed by atoms with Gasteiger partial charge in [-0.15, -0.1) is 0 Å². The molecule has 0 spiro atoms. The summed E-state index contributed by atoms with van der Waals surface area (Å²) in [5.41, 5.74) is 1.71. The molecule has 2 unspecified atom stereocenters. The summed E-state index contributed by atoms with van der Waals surface area (Å²) in [6.07, 6.45) is 3.66. The number of halogens is 1. The van der Waals surface area contributed by atoms with Crippen LogP contribution in [0.1, 0.15) is 40.7 Å². The first-order chi connectivity index (χ1) is 14.1. The Labute approximate surface area is 165 Å². The molecular weight excluding hydrogens is 381 g/mol. The molecular formula is C19H20FN5O4. The van der Waals surface area contributed by atoms with E-state index in [4.69, 9.17) is 14.2 Å². The number of ether oxygens (including phenoxy) is 3. The van der Waals surface area contributed by atoms with Crippen molar-refractivity contribution in [2.24, 2.45) is 0 Å². The van der Waals surface area contributed by atoms with Crippen molar-refractivity contribution in [1.29, 1.82) is 0 Å². The maximum absolute atomic E-state index is 13.9. The number of methoxy groups -OCH3 is 1. The van der Waals surface area contributed by atoms with E-state index in [1.807, 2.05) is 0 Å². The van der Waals surface area contributed by atoms with E-state index < -0.39 is 23.9 Å². The number of carbonyl (C=O) groups is 1. The smallest absolute Gasteiger partial charge is 0.343 e. The van der Waals surface area contributed by atoms with Crippen molar-refractivity contribution in [3.8, 4) is 5.88 Å². The van der Waals surface area contributed by atoms with Gasteiger partial charge in [0, 0.05) is 18.3 Å². The second-order valence-corrected chi connectivity index (χ2v) is 6.37. The second kappa shape index (κ2) is 8.10. The Balaban J connectivity index is 1.76. The molecule has 0 saturated carbocycles. The molecule has 0 aromatic carbocycles. The minimum atomic E-state index is -0.545. The normalized spacial score (nSPS) is 19.3.